The quantitative estimate of drug-likeness (QED) is 0.713. The van der Waals surface area contributed by atoms with Crippen molar-refractivity contribution in [3.05, 3.63) is 0 Å². The number of nitrogens with zero attached hydrogens (tertiary/aromatic N) is 2. The number of nitrogens with one attached hydrogen (secondary N) is 1. The highest BCUT2D eigenvalue weighted by Crippen LogP contribution is 2.46. The fourth-order valence-corrected chi connectivity index (χ4v) is 8.27. The Morgan fingerprint density at radius 1 is 0.613 bits per heavy atom. The summed E-state index contributed by atoms with van der Waals surface area (Å²) >= 11 is 0. The minimum Gasteiger partial charge on any atom is -0.369 e. The number of piperidine rings is 3. The average molecular weight is 429 g/mol. The molecule has 31 heavy (non-hydrogen) atoms. The number of carbonyl (C=O) groups excluding carboxylic acids is 3. The van der Waals surface area contributed by atoms with Crippen molar-refractivity contribution in [3.63, 3.8) is 0 Å². The van der Waals surface area contributed by atoms with Gasteiger partial charge in [-0.2, -0.15) is 0 Å². The molecule has 0 aromatic carbocycles. The topological polar surface area (TPSA) is 95.7 Å². The molecule has 6 fully saturated rings. The summed E-state index contributed by atoms with van der Waals surface area (Å²) in [7, 11) is 0. The van der Waals surface area contributed by atoms with Crippen molar-refractivity contribution in [2.75, 3.05) is 0 Å². The number of primary amides is 1. The maximum Gasteiger partial charge on any atom is 0.228 e. The molecule has 0 saturated carbocycles. The summed E-state index contributed by atoms with van der Waals surface area (Å²) in [5, 5.41) is 3.66. The molecule has 9 atom stereocenters. The number of hydrogen-bond acceptors (Lipinski definition) is 4. The zero-order chi connectivity index (χ0) is 21.3. The lowest BCUT2D eigenvalue weighted by Gasteiger charge is -2.46. The zero-order valence-corrected chi connectivity index (χ0v) is 18.4. The fraction of sp³-hybridized carbons (Fsp3) is 0.875. The summed E-state index contributed by atoms with van der Waals surface area (Å²) in [6.07, 6.45) is 11.8. The molecule has 7 heteroatoms. The van der Waals surface area contributed by atoms with E-state index in [1.165, 1.54) is 6.42 Å². The zero-order valence-electron chi connectivity index (χ0n) is 18.4. The van der Waals surface area contributed by atoms with E-state index in [1.807, 2.05) is 0 Å². The molecular weight excluding hydrogens is 392 g/mol. The predicted octanol–water partition coefficient (Wildman–Crippen LogP) is 1.54. The lowest BCUT2D eigenvalue weighted by Crippen LogP contribution is -2.59. The summed E-state index contributed by atoms with van der Waals surface area (Å²) in [6, 6.07) is 1.54. The smallest absolute Gasteiger partial charge is 0.228 e. The van der Waals surface area contributed by atoms with Gasteiger partial charge in [-0.05, 0) is 77.0 Å². The van der Waals surface area contributed by atoms with Crippen LogP contribution in [0.5, 0.6) is 0 Å². The van der Waals surface area contributed by atoms with E-state index in [-0.39, 0.29) is 47.7 Å². The number of amides is 3. The van der Waals surface area contributed by atoms with Gasteiger partial charge in [-0.1, -0.05) is 0 Å². The second-order valence-electron chi connectivity index (χ2n) is 11.1. The maximum atomic E-state index is 13.9. The molecule has 0 aromatic rings. The van der Waals surface area contributed by atoms with Crippen LogP contribution in [0.1, 0.15) is 77.0 Å². The van der Waals surface area contributed by atoms with Gasteiger partial charge in [-0.25, -0.2) is 0 Å². The second kappa shape index (κ2) is 7.46. The van der Waals surface area contributed by atoms with E-state index in [4.69, 9.17) is 5.73 Å². The maximum absolute atomic E-state index is 13.9. The molecule has 0 aliphatic carbocycles. The third kappa shape index (κ3) is 3.05. The lowest BCUT2D eigenvalue weighted by molar-refractivity contribution is -0.152. The molecule has 170 valence electrons. The van der Waals surface area contributed by atoms with Crippen molar-refractivity contribution in [2.45, 2.75) is 113 Å². The second-order valence-corrected chi connectivity index (χ2v) is 11.1. The molecule has 6 rings (SSSR count). The van der Waals surface area contributed by atoms with E-state index in [0.29, 0.717) is 24.0 Å². The van der Waals surface area contributed by atoms with Crippen LogP contribution in [-0.2, 0) is 14.4 Å². The molecular formula is C24H36N4O3. The molecule has 0 spiro atoms. The monoisotopic (exact) mass is 428 g/mol. The van der Waals surface area contributed by atoms with Gasteiger partial charge in [0.1, 0.15) is 0 Å². The third-order valence-corrected chi connectivity index (χ3v) is 9.74. The Balaban J connectivity index is 1.22. The number of nitrogens with two attached hydrogens (primary N) is 1. The normalized spacial score (nSPS) is 45.7. The number of carbonyl (C=O) groups is 3. The highest BCUT2D eigenvalue weighted by molar-refractivity contribution is 5.86. The molecule has 6 aliphatic rings. The van der Waals surface area contributed by atoms with Gasteiger partial charge < -0.3 is 20.9 Å². The van der Waals surface area contributed by atoms with E-state index in [2.05, 4.69) is 15.1 Å². The van der Waals surface area contributed by atoms with Crippen molar-refractivity contribution >= 4 is 17.7 Å². The van der Waals surface area contributed by atoms with Crippen LogP contribution in [0.15, 0.2) is 0 Å². The molecule has 3 amide bonds. The molecule has 3 N–H and O–H groups in total. The van der Waals surface area contributed by atoms with E-state index >= 15 is 0 Å². The van der Waals surface area contributed by atoms with Crippen LogP contribution < -0.4 is 11.1 Å². The summed E-state index contributed by atoms with van der Waals surface area (Å²) in [5.74, 6) is 0.0170. The van der Waals surface area contributed by atoms with Gasteiger partial charge in [-0.3, -0.25) is 14.4 Å². The van der Waals surface area contributed by atoms with E-state index in [1.54, 1.807) is 0 Å². The highest BCUT2D eigenvalue weighted by atomic mass is 16.2. The highest BCUT2D eigenvalue weighted by Gasteiger charge is 2.54. The first-order valence-corrected chi connectivity index (χ1v) is 12.7. The van der Waals surface area contributed by atoms with Crippen LogP contribution in [0.4, 0.5) is 0 Å². The standard InChI is InChI=1S/C24H36N4O3/c25-22(29)17-8-3-14-5-11-20(17)27(14)24(31)18-9-4-15-6-12-21(18)28(15)23(30)16-7-1-13-2-10-19(16)26-13/h13-21,26H,1-12H2,(H2,25,29)/t13-,14-,15-,16+,17+,18+,19-,20-,21-/m0/s1. The summed E-state index contributed by atoms with van der Waals surface area (Å²) in [5.41, 5.74) is 5.69. The first-order valence-electron chi connectivity index (χ1n) is 12.7. The largest absolute Gasteiger partial charge is 0.369 e. The SMILES string of the molecule is NC(=O)[C@@H]1CC[C@H]2CC[C@@H]1N2C(=O)[C@@H]1CC[C@H]2CC[C@@H]1N2C(=O)[C@@H]1CC[C@H]2CC[C@@H]1N2. The minimum absolute atomic E-state index is 0.0232. The van der Waals surface area contributed by atoms with Crippen LogP contribution in [0, 0.1) is 17.8 Å². The Bertz CT molecular complexity index is 787. The summed E-state index contributed by atoms with van der Waals surface area (Å²) in [6.45, 7) is 0. The molecule has 7 nitrogen and oxygen atoms in total. The Hall–Kier alpha value is -1.63. The fourth-order valence-electron chi connectivity index (χ4n) is 8.27. The third-order valence-electron chi connectivity index (χ3n) is 9.74. The Morgan fingerprint density at radius 3 is 1.81 bits per heavy atom. The van der Waals surface area contributed by atoms with Crippen molar-refractivity contribution < 1.29 is 14.4 Å². The average Bonchev–Trinajstić information content (AvgIpc) is 3.38. The van der Waals surface area contributed by atoms with Gasteiger partial charge in [-0.15, -0.1) is 0 Å². The van der Waals surface area contributed by atoms with E-state index < -0.39 is 0 Å². The number of rotatable bonds is 3. The molecule has 6 aliphatic heterocycles. The van der Waals surface area contributed by atoms with Crippen LogP contribution in [-0.4, -0.2) is 63.8 Å². The van der Waals surface area contributed by atoms with Crippen molar-refractivity contribution in [1.29, 1.82) is 0 Å². The summed E-state index contributed by atoms with van der Waals surface area (Å²) < 4.78 is 0. The van der Waals surface area contributed by atoms with Crippen molar-refractivity contribution in [3.8, 4) is 0 Å². The molecule has 6 heterocycles. The first kappa shape index (κ1) is 20.0. The van der Waals surface area contributed by atoms with Crippen LogP contribution >= 0.6 is 0 Å². The molecule has 0 unspecified atom stereocenters. The van der Waals surface area contributed by atoms with Gasteiger partial charge >= 0.3 is 0 Å². The van der Waals surface area contributed by atoms with Gasteiger partial charge in [0.15, 0.2) is 0 Å². The van der Waals surface area contributed by atoms with Crippen LogP contribution in [0.3, 0.4) is 0 Å². The predicted molar refractivity (Wildman–Crippen MR) is 115 cm³/mol. The van der Waals surface area contributed by atoms with Gasteiger partial charge in [0.25, 0.3) is 0 Å². The minimum atomic E-state index is -0.260. The van der Waals surface area contributed by atoms with Gasteiger partial charge in [0.05, 0.1) is 17.8 Å². The Morgan fingerprint density at radius 2 is 1.13 bits per heavy atom. The molecule has 0 aromatic heterocycles. The molecule has 6 saturated heterocycles. The first-order chi connectivity index (χ1) is 15.0. The lowest BCUT2D eigenvalue weighted by atomic mass is 9.83. The Kier molecular flexibility index (Phi) is 4.82. The van der Waals surface area contributed by atoms with Crippen LogP contribution in [0.2, 0.25) is 0 Å². The van der Waals surface area contributed by atoms with E-state index in [9.17, 15) is 14.4 Å². The van der Waals surface area contributed by atoms with Crippen molar-refractivity contribution in [2.24, 2.45) is 23.5 Å². The van der Waals surface area contributed by atoms with Gasteiger partial charge in [0, 0.05) is 36.3 Å². The Labute approximate surface area is 184 Å². The molecule has 6 bridgehead atoms. The van der Waals surface area contributed by atoms with Crippen molar-refractivity contribution in [1.82, 2.24) is 15.1 Å². The molecule has 0 radical (unpaired) electrons. The number of fused-ring (bicyclic) bond motifs is 6. The van der Waals surface area contributed by atoms with Crippen LogP contribution in [0.25, 0.3) is 0 Å². The van der Waals surface area contributed by atoms with Gasteiger partial charge in [0.2, 0.25) is 17.7 Å². The number of hydrogen-bond donors (Lipinski definition) is 2. The summed E-state index contributed by atoms with van der Waals surface area (Å²) in [4.78, 5) is 43.8. The van der Waals surface area contributed by atoms with E-state index in [0.717, 1.165) is 70.6 Å².